The van der Waals surface area contributed by atoms with Gasteiger partial charge in [0.15, 0.2) is 6.23 Å². The first-order valence-electron chi connectivity index (χ1n) is 7.01. The van der Waals surface area contributed by atoms with Crippen LogP contribution < -0.4 is 10.6 Å². The van der Waals surface area contributed by atoms with E-state index in [1.807, 2.05) is 5.32 Å². The van der Waals surface area contributed by atoms with E-state index in [2.05, 4.69) is 5.32 Å². The average Bonchev–Trinajstić information content (AvgIpc) is 2.55. The summed E-state index contributed by atoms with van der Waals surface area (Å²) in [6, 6.07) is 4.80. The SMILES string of the molecule is O=C(NC(=O)c1ccc(Cl)cc1)N[C@@H]1O[C@H](CO)[C@@H](O)[C@H](O)[C@H]1O. The summed E-state index contributed by atoms with van der Waals surface area (Å²) in [7, 11) is 0. The van der Waals surface area contributed by atoms with Crippen molar-refractivity contribution in [2.24, 2.45) is 0 Å². The van der Waals surface area contributed by atoms with Crippen molar-refractivity contribution in [1.82, 2.24) is 10.6 Å². The molecule has 1 fully saturated rings. The molecular weight excluding hydrogens is 344 g/mol. The number of ether oxygens (including phenoxy) is 1. The van der Waals surface area contributed by atoms with Crippen LogP contribution in [0.15, 0.2) is 24.3 Å². The van der Waals surface area contributed by atoms with E-state index in [1.165, 1.54) is 24.3 Å². The molecule has 0 radical (unpaired) electrons. The van der Waals surface area contributed by atoms with Gasteiger partial charge in [-0.15, -0.1) is 0 Å². The zero-order valence-corrected chi connectivity index (χ0v) is 13.1. The predicted molar refractivity (Wildman–Crippen MR) is 81.2 cm³/mol. The zero-order chi connectivity index (χ0) is 17.9. The number of aliphatic hydroxyl groups is 4. The minimum Gasteiger partial charge on any atom is -0.394 e. The van der Waals surface area contributed by atoms with Gasteiger partial charge in [0, 0.05) is 10.6 Å². The van der Waals surface area contributed by atoms with Gasteiger partial charge in [-0.05, 0) is 24.3 Å². The summed E-state index contributed by atoms with van der Waals surface area (Å²) in [6.45, 7) is -0.631. The Bertz CT molecular complexity index is 595. The summed E-state index contributed by atoms with van der Waals surface area (Å²) < 4.78 is 5.09. The molecule has 24 heavy (non-hydrogen) atoms. The molecule has 10 heteroatoms. The molecule has 1 aromatic carbocycles. The molecule has 0 spiro atoms. The monoisotopic (exact) mass is 360 g/mol. The van der Waals surface area contributed by atoms with E-state index in [0.29, 0.717) is 5.02 Å². The molecule has 1 aliphatic rings. The van der Waals surface area contributed by atoms with Crippen LogP contribution in [0.4, 0.5) is 4.79 Å². The average molecular weight is 361 g/mol. The molecule has 5 atom stereocenters. The Labute approximate surface area is 141 Å². The standard InChI is InChI=1S/C14H17ClN2O7/c15-7-3-1-6(2-4-7)12(22)16-14(23)17-13-11(21)10(20)9(19)8(5-18)24-13/h1-4,8-11,13,18-21H,5H2,(H2,16,17,22,23)/t8-,9-,10+,11-,13-/m1/s1. The number of hydrogen-bond acceptors (Lipinski definition) is 7. The number of hydrogen-bond donors (Lipinski definition) is 6. The molecule has 0 bridgehead atoms. The number of rotatable bonds is 3. The van der Waals surface area contributed by atoms with Gasteiger partial charge >= 0.3 is 6.03 Å². The first-order valence-corrected chi connectivity index (χ1v) is 7.39. The van der Waals surface area contributed by atoms with E-state index in [1.54, 1.807) is 0 Å². The van der Waals surface area contributed by atoms with E-state index < -0.39 is 49.2 Å². The highest BCUT2D eigenvalue weighted by Crippen LogP contribution is 2.19. The van der Waals surface area contributed by atoms with Gasteiger partial charge in [0.1, 0.15) is 24.4 Å². The Morgan fingerprint density at radius 2 is 1.71 bits per heavy atom. The Balaban J connectivity index is 1.96. The maximum Gasteiger partial charge on any atom is 0.323 e. The largest absolute Gasteiger partial charge is 0.394 e. The number of halogens is 1. The van der Waals surface area contributed by atoms with Crippen LogP contribution in [0.25, 0.3) is 0 Å². The van der Waals surface area contributed by atoms with Crippen LogP contribution in [-0.2, 0) is 4.74 Å². The molecule has 9 nitrogen and oxygen atoms in total. The first-order chi connectivity index (χ1) is 11.3. The summed E-state index contributed by atoms with van der Waals surface area (Å²) in [5, 5.41) is 42.7. The van der Waals surface area contributed by atoms with E-state index in [4.69, 9.17) is 21.4 Å². The van der Waals surface area contributed by atoms with Gasteiger partial charge < -0.3 is 30.5 Å². The fourth-order valence-corrected chi connectivity index (χ4v) is 2.29. The number of carbonyl (C=O) groups is 2. The first kappa shape index (κ1) is 18.6. The third-order valence-electron chi connectivity index (χ3n) is 3.50. The minimum atomic E-state index is -1.64. The lowest BCUT2D eigenvalue weighted by Crippen LogP contribution is -2.64. The smallest absolute Gasteiger partial charge is 0.323 e. The number of imide groups is 1. The van der Waals surface area contributed by atoms with Crippen molar-refractivity contribution in [3.8, 4) is 0 Å². The second-order valence-corrected chi connectivity index (χ2v) is 5.62. The van der Waals surface area contributed by atoms with Crippen LogP contribution in [0.2, 0.25) is 5.02 Å². The minimum absolute atomic E-state index is 0.184. The third kappa shape index (κ3) is 4.20. The van der Waals surface area contributed by atoms with E-state index >= 15 is 0 Å². The topological polar surface area (TPSA) is 148 Å². The highest BCUT2D eigenvalue weighted by atomic mass is 35.5. The summed E-state index contributed by atoms with van der Waals surface area (Å²) in [4.78, 5) is 23.7. The summed E-state index contributed by atoms with van der Waals surface area (Å²) >= 11 is 5.70. The quantitative estimate of drug-likeness (QED) is 0.387. The Kier molecular flexibility index (Phi) is 6.10. The van der Waals surface area contributed by atoms with Crippen LogP contribution in [0.3, 0.4) is 0 Å². The fourth-order valence-electron chi connectivity index (χ4n) is 2.16. The van der Waals surface area contributed by atoms with Gasteiger partial charge in [-0.3, -0.25) is 10.1 Å². The number of carbonyl (C=O) groups excluding carboxylic acids is 2. The molecule has 0 saturated carbocycles. The van der Waals surface area contributed by atoms with Crippen LogP contribution in [0, 0.1) is 0 Å². The maximum absolute atomic E-state index is 11.9. The molecule has 0 unspecified atom stereocenters. The molecule has 1 saturated heterocycles. The van der Waals surface area contributed by atoms with Gasteiger partial charge in [0.05, 0.1) is 6.61 Å². The number of urea groups is 1. The van der Waals surface area contributed by atoms with Crippen molar-refractivity contribution < 1.29 is 34.8 Å². The van der Waals surface area contributed by atoms with Gasteiger partial charge in [-0.2, -0.15) is 0 Å². The molecular formula is C14H17ClN2O7. The second-order valence-electron chi connectivity index (χ2n) is 5.18. The lowest BCUT2D eigenvalue weighted by atomic mass is 9.98. The lowest BCUT2D eigenvalue weighted by Gasteiger charge is -2.39. The van der Waals surface area contributed by atoms with Crippen molar-refractivity contribution in [3.63, 3.8) is 0 Å². The van der Waals surface area contributed by atoms with Gasteiger partial charge in [0.25, 0.3) is 5.91 Å². The van der Waals surface area contributed by atoms with Crippen LogP contribution in [-0.4, -0.2) is 69.6 Å². The highest BCUT2D eigenvalue weighted by molar-refractivity contribution is 6.30. The fraction of sp³-hybridized carbons (Fsp3) is 0.429. The molecule has 132 valence electrons. The van der Waals surface area contributed by atoms with Crippen molar-refractivity contribution in [2.75, 3.05) is 6.61 Å². The molecule has 1 heterocycles. The van der Waals surface area contributed by atoms with Gasteiger partial charge in [0.2, 0.25) is 0 Å². The van der Waals surface area contributed by atoms with Crippen molar-refractivity contribution in [1.29, 1.82) is 0 Å². The Morgan fingerprint density at radius 3 is 2.29 bits per heavy atom. The van der Waals surface area contributed by atoms with E-state index in [-0.39, 0.29) is 5.56 Å². The number of amides is 3. The summed E-state index contributed by atoms with van der Waals surface area (Å²) in [5.41, 5.74) is 0.184. The number of aliphatic hydroxyl groups excluding tert-OH is 4. The van der Waals surface area contributed by atoms with Crippen molar-refractivity contribution >= 4 is 23.5 Å². The highest BCUT2D eigenvalue weighted by Gasteiger charge is 2.44. The Hall–Kier alpha value is -1.75. The summed E-state index contributed by atoms with van der Waals surface area (Å²) in [6.07, 6.45) is -7.40. The van der Waals surface area contributed by atoms with Crippen molar-refractivity contribution in [3.05, 3.63) is 34.9 Å². The van der Waals surface area contributed by atoms with Crippen LogP contribution >= 0.6 is 11.6 Å². The van der Waals surface area contributed by atoms with Crippen LogP contribution in [0.1, 0.15) is 10.4 Å². The molecule has 1 aromatic rings. The predicted octanol–water partition coefficient (Wildman–Crippen LogP) is -1.42. The maximum atomic E-state index is 11.9. The lowest BCUT2D eigenvalue weighted by molar-refractivity contribution is -0.233. The van der Waals surface area contributed by atoms with Crippen LogP contribution in [0.5, 0.6) is 0 Å². The van der Waals surface area contributed by atoms with E-state index in [9.17, 15) is 24.9 Å². The van der Waals surface area contributed by atoms with Gasteiger partial charge in [-0.1, -0.05) is 11.6 Å². The second kappa shape index (κ2) is 7.88. The number of nitrogens with one attached hydrogen (secondary N) is 2. The molecule has 0 aliphatic carbocycles. The van der Waals surface area contributed by atoms with E-state index in [0.717, 1.165) is 0 Å². The number of benzene rings is 1. The molecule has 0 aromatic heterocycles. The molecule has 2 rings (SSSR count). The van der Waals surface area contributed by atoms with Crippen molar-refractivity contribution in [2.45, 2.75) is 30.6 Å². The summed E-state index contributed by atoms with van der Waals surface area (Å²) in [5.74, 6) is -0.714. The third-order valence-corrected chi connectivity index (χ3v) is 3.75. The van der Waals surface area contributed by atoms with Gasteiger partial charge in [-0.25, -0.2) is 4.79 Å². The zero-order valence-electron chi connectivity index (χ0n) is 12.3. The molecule has 3 amide bonds. The normalized spacial score (nSPS) is 29.8. The Morgan fingerprint density at radius 1 is 1.08 bits per heavy atom. The molecule has 1 aliphatic heterocycles. The molecule has 6 N–H and O–H groups in total.